The van der Waals surface area contributed by atoms with Crippen molar-refractivity contribution in [2.45, 2.75) is 65.8 Å². The highest BCUT2D eigenvalue weighted by molar-refractivity contribution is 9.10. The lowest BCUT2D eigenvalue weighted by Gasteiger charge is -2.38. The normalized spacial score (nSPS) is 20.7. The van der Waals surface area contributed by atoms with Gasteiger partial charge in [0.1, 0.15) is 0 Å². The van der Waals surface area contributed by atoms with Crippen LogP contribution in [0.2, 0.25) is 0 Å². The van der Waals surface area contributed by atoms with Crippen molar-refractivity contribution in [1.29, 1.82) is 0 Å². The van der Waals surface area contributed by atoms with Gasteiger partial charge in [-0.2, -0.15) is 5.10 Å². The Bertz CT molecular complexity index is 469. The quantitative estimate of drug-likeness (QED) is 0.856. The number of halogens is 1. The highest BCUT2D eigenvalue weighted by atomic mass is 79.9. The Morgan fingerprint density at radius 3 is 2.48 bits per heavy atom. The first-order valence-corrected chi connectivity index (χ1v) is 9.04. The molecule has 21 heavy (non-hydrogen) atoms. The lowest BCUT2D eigenvalue weighted by Crippen LogP contribution is -2.41. The molecule has 0 aromatic carbocycles. The molecule has 1 fully saturated rings. The Hall–Kier alpha value is -0.350. The molecular weight excluding hydrogens is 326 g/mol. The average molecular weight is 356 g/mol. The zero-order valence-electron chi connectivity index (χ0n) is 14.2. The van der Waals surface area contributed by atoms with Crippen molar-refractivity contribution >= 4 is 15.9 Å². The average Bonchev–Trinajstić information content (AvgIpc) is 2.65. The molecule has 1 aromatic heterocycles. The Morgan fingerprint density at radius 1 is 1.38 bits per heavy atom. The van der Waals surface area contributed by atoms with Gasteiger partial charge in [-0.3, -0.25) is 4.68 Å². The van der Waals surface area contributed by atoms with Gasteiger partial charge in [-0.05, 0) is 66.4 Å². The van der Waals surface area contributed by atoms with E-state index in [1.54, 1.807) is 0 Å². The molecule has 0 spiro atoms. The Balaban J connectivity index is 2.09. The summed E-state index contributed by atoms with van der Waals surface area (Å²) in [5.41, 5.74) is 2.95. The van der Waals surface area contributed by atoms with E-state index < -0.39 is 0 Å². The zero-order valence-corrected chi connectivity index (χ0v) is 15.8. The van der Waals surface area contributed by atoms with Gasteiger partial charge in [0.15, 0.2) is 0 Å². The molecule has 0 saturated heterocycles. The first-order valence-electron chi connectivity index (χ1n) is 8.25. The van der Waals surface area contributed by atoms with Gasteiger partial charge in [-0.1, -0.05) is 20.8 Å². The van der Waals surface area contributed by atoms with Crippen molar-refractivity contribution in [1.82, 2.24) is 15.1 Å². The maximum Gasteiger partial charge on any atom is 0.0738 e. The molecule has 1 unspecified atom stereocenters. The van der Waals surface area contributed by atoms with Gasteiger partial charge in [0.2, 0.25) is 0 Å². The van der Waals surface area contributed by atoms with Crippen molar-refractivity contribution in [3.05, 3.63) is 15.9 Å². The first kappa shape index (κ1) is 17.0. The van der Waals surface area contributed by atoms with Crippen LogP contribution in [-0.2, 0) is 13.5 Å². The van der Waals surface area contributed by atoms with E-state index in [2.05, 4.69) is 61.1 Å². The van der Waals surface area contributed by atoms with Crippen molar-refractivity contribution in [2.75, 3.05) is 6.54 Å². The second kappa shape index (κ2) is 6.82. The van der Waals surface area contributed by atoms with Gasteiger partial charge in [-0.15, -0.1) is 0 Å². The van der Waals surface area contributed by atoms with Gasteiger partial charge in [0.25, 0.3) is 0 Å². The minimum Gasteiger partial charge on any atom is -0.314 e. The largest absolute Gasteiger partial charge is 0.314 e. The number of nitrogens with zero attached hydrogens (tertiary/aromatic N) is 2. The smallest absolute Gasteiger partial charge is 0.0738 e. The monoisotopic (exact) mass is 355 g/mol. The van der Waals surface area contributed by atoms with Crippen molar-refractivity contribution in [3.63, 3.8) is 0 Å². The van der Waals surface area contributed by atoms with E-state index in [0.29, 0.717) is 11.5 Å². The van der Waals surface area contributed by atoms with Gasteiger partial charge >= 0.3 is 0 Å². The van der Waals surface area contributed by atoms with E-state index in [4.69, 9.17) is 0 Å². The molecule has 0 radical (unpaired) electrons. The molecule has 1 saturated carbocycles. The zero-order chi connectivity index (χ0) is 15.6. The van der Waals surface area contributed by atoms with E-state index in [-0.39, 0.29) is 0 Å². The summed E-state index contributed by atoms with van der Waals surface area (Å²) in [6.45, 7) is 10.1. The van der Waals surface area contributed by atoms with Crippen LogP contribution in [0, 0.1) is 18.3 Å². The number of rotatable bonds is 5. The van der Waals surface area contributed by atoms with Crippen LogP contribution in [0.3, 0.4) is 0 Å². The van der Waals surface area contributed by atoms with Gasteiger partial charge < -0.3 is 5.32 Å². The number of likely N-dealkylation sites (N-methyl/N-ethyl adjacent to an activating group) is 1. The summed E-state index contributed by atoms with van der Waals surface area (Å²) in [4.78, 5) is 0. The summed E-state index contributed by atoms with van der Waals surface area (Å²) in [6.07, 6.45) is 6.46. The maximum atomic E-state index is 4.53. The third-order valence-electron chi connectivity index (χ3n) is 5.09. The number of aryl methyl sites for hydroxylation is 2. The van der Waals surface area contributed by atoms with E-state index in [9.17, 15) is 0 Å². The van der Waals surface area contributed by atoms with Gasteiger partial charge in [-0.25, -0.2) is 0 Å². The van der Waals surface area contributed by atoms with E-state index in [1.807, 2.05) is 4.68 Å². The third-order valence-corrected chi connectivity index (χ3v) is 6.13. The summed E-state index contributed by atoms with van der Waals surface area (Å²) >= 11 is 3.71. The van der Waals surface area contributed by atoms with Gasteiger partial charge in [0, 0.05) is 19.5 Å². The number of nitrogens with one attached hydrogen (secondary N) is 1. The molecule has 1 heterocycles. The second-order valence-electron chi connectivity index (χ2n) is 7.34. The van der Waals surface area contributed by atoms with Crippen LogP contribution in [0.25, 0.3) is 0 Å². The minimum absolute atomic E-state index is 0.539. The molecule has 0 amide bonds. The van der Waals surface area contributed by atoms with Crippen molar-refractivity contribution in [2.24, 2.45) is 18.4 Å². The van der Waals surface area contributed by atoms with Crippen molar-refractivity contribution < 1.29 is 0 Å². The fourth-order valence-corrected chi connectivity index (χ4v) is 4.10. The third kappa shape index (κ3) is 4.10. The molecule has 1 aromatic rings. The molecular formula is C17H30BrN3. The second-order valence-corrected chi connectivity index (χ2v) is 8.13. The standard InChI is InChI=1S/C17H30BrN3/c1-6-19-14(13-7-9-17(3,4)10-8-13)11-15-16(18)12(2)20-21(15)5/h13-14,19H,6-11H2,1-5H3. The molecule has 1 aliphatic rings. The summed E-state index contributed by atoms with van der Waals surface area (Å²) in [5.74, 6) is 0.792. The van der Waals surface area contributed by atoms with E-state index in [0.717, 1.165) is 24.6 Å². The molecule has 0 bridgehead atoms. The SMILES string of the molecule is CCNC(Cc1c(Br)c(C)nn1C)C1CCC(C)(C)CC1. The minimum atomic E-state index is 0.539. The fourth-order valence-electron chi connectivity index (χ4n) is 3.60. The summed E-state index contributed by atoms with van der Waals surface area (Å²) in [6, 6.07) is 0.567. The van der Waals surface area contributed by atoms with Crippen LogP contribution in [-0.4, -0.2) is 22.4 Å². The Morgan fingerprint density at radius 2 is 2.00 bits per heavy atom. The molecule has 120 valence electrons. The highest BCUT2D eigenvalue weighted by Crippen LogP contribution is 2.40. The summed E-state index contributed by atoms with van der Waals surface area (Å²) in [5, 5.41) is 8.26. The summed E-state index contributed by atoms with van der Waals surface area (Å²) < 4.78 is 3.22. The Labute approximate surface area is 138 Å². The molecule has 1 aliphatic carbocycles. The maximum absolute atomic E-state index is 4.53. The number of aromatic nitrogens is 2. The lowest BCUT2D eigenvalue weighted by atomic mass is 9.70. The van der Waals surface area contributed by atoms with Crippen LogP contribution in [0.1, 0.15) is 57.8 Å². The fraction of sp³-hybridized carbons (Fsp3) is 0.824. The van der Waals surface area contributed by atoms with Crippen LogP contribution in [0.15, 0.2) is 4.47 Å². The highest BCUT2D eigenvalue weighted by Gasteiger charge is 2.31. The number of hydrogen-bond donors (Lipinski definition) is 1. The molecule has 4 heteroatoms. The lowest BCUT2D eigenvalue weighted by molar-refractivity contribution is 0.160. The van der Waals surface area contributed by atoms with Gasteiger partial charge in [0.05, 0.1) is 15.9 Å². The predicted octanol–water partition coefficient (Wildman–Crippen LogP) is 4.23. The molecule has 1 N–H and O–H groups in total. The van der Waals surface area contributed by atoms with Crippen molar-refractivity contribution in [3.8, 4) is 0 Å². The Kier molecular flexibility index (Phi) is 5.53. The molecule has 2 rings (SSSR count). The predicted molar refractivity (Wildman–Crippen MR) is 92.6 cm³/mol. The summed E-state index contributed by atoms with van der Waals surface area (Å²) in [7, 11) is 2.06. The van der Waals surface area contributed by atoms with Crippen LogP contribution < -0.4 is 5.32 Å². The van der Waals surface area contributed by atoms with E-state index in [1.165, 1.54) is 35.8 Å². The van der Waals surface area contributed by atoms with Crippen LogP contribution in [0.4, 0.5) is 0 Å². The topological polar surface area (TPSA) is 29.9 Å². The molecule has 0 aliphatic heterocycles. The number of hydrogen-bond acceptors (Lipinski definition) is 2. The molecule has 1 atom stereocenters. The first-order chi connectivity index (χ1) is 9.84. The van der Waals surface area contributed by atoms with Crippen LogP contribution >= 0.6 is 15.9 Å². The van der Waals surface area contributed by atoms with Crippen LogP contribution in [0.5, 0.6) is 0 Å². The van der Waals surface area contributed by atoms with E-state index >= 15 is 0 Å². The molecule has 3 nitrogen and oxygen atoms in total.